The fraction of sp³-hybridized carbons (Fsp3) is 0.941. The van der Waals surface area contributed by atoms with Gasteiger partial charge in [0.15, 0.2) is 0 Å². The number of carbonyl (C=O) groups is 2. The van der Waals surface area contributed by atoms with Gasteiger partial charge in [0.05, 0.1) is 23.4 Å². The van der Waals surface area contributed by atoms with Crippen LogP contribution in [0, 0.1) is 46.3 Å². The molecule has 8 rings (SSSR count). The predicted octanol–water partition coefficient (Wildman–Crippen LogP) is 6.52. The van der Waals surface area contributed by atoms with Gasteiger partial charge in [-0.2, -0.15) is 26.3 Å². The van der Waals surface area contributed by atoms with Crippen LogP contribution in [0.2, 0.25) is 0 Å². The molecule has 0 radical (unpaired) electrons. The summed E-state index contributed by atoms with van der Waals surface area (Å²) >= 11 is 0. The summed E-state index contributed by atoms with van der Waals surface area (Å²) in [6.07, 6.45) is -2.84. The van der Waals surface area contributed by atoms with Gasteiger partial charge in [0, 0.05) is 11.9 Å². The first kappa shape index (κ1) is 44.8. The van der Waals surface area contributed by atoms with Gasteiger partial charge in [-0.05, 0) is 98.7 Å². The van der Waals surface area contributed by atoms with Crippen molar-refractivity contribution in [2.24, 2.45) is 57.8 Å². The standard InChI is InChI=1S/2C15H28BNO2.2C2HF3O2/c2*1-9(2)6-13(17)16-18-12-8-10-7-11(14(10,3)4)15(12,5)19-16;2*3-2(4,5)1(6)7/h2*9-13H,6-8,17H2,1-5H3;2*(H,6,7)/t10-,11-,12+,13?,15-;10-,11-,12+,13-,15-;;/m00../s1. The lowest BCUT2D eigenvalue weighted by Gasteiger charge is -2.64. The molecule has 300 valence electrons. The van der Waals surface area contributed by atoms with Crippen molar-refractivity contribution in [3.63, 3.8) is 0 Å². The Balaban J connectivity index is 0.000000208. The Bertz CT molecular complexity index is 1180. The van der Waals surface area contributed by atoms with Crippen LogP contribution in [0.4, 0.5) is 26.3 Å². The van der Waals surface area contributed by atoms with Crippen molar-refractivity contribution in [2.45, 2.75) is 155 Å². The fourth-order valence-corrected chi connectivity index (χ4v) is 9.48. The van der Waals surface area contributed by atoms with Crippen molar-refractivity contribution in [3.05, 3.63) is 0 Å². The van der Waals surface area contributed by atoms with E-state index in [9.17, 15) is 26.3 Å². The molecule has 18 heteroatoms. The van der Waals surface area contributed by atoms with Crippen LogP contribution in [-0.2, 0) is 28.2 Å². The number of carboxylic acid groups (broad SMARTS) is 2. The third-order valence-electron chi connectivity index (χ3n) is 12.6. The Kier molecular flexibility index (Phi) is 13.4. The maximum Gasteiger partial charge on any atom is 0.490 e. The van der Waals surface area contributed by atoms with E-state index in [4.69, 9.17) is 49.9 Å². The molecule has 2 aliphatic heterocycles. The number of carboxylic acids is 2. The number of hydrogen-bond donors (Lipinski definition) is 4. The van der Waals surface area contributed by atoms with Gasteiger partial charge in [-0.15, -0.1) is 0 Å². The zero-order valence-electron chi connectivity index (χ0n) is 31.9. The molecule has 6 N–H and O–H groups in total. The van der Waals surface area contributed by atoms with Crippen molar-refractivity contribution in [1.82, 2.24) is 0 Å². The molecule has 4 bridgehead atoms. The molecular weight excluding hydrogens is 700 g/mol. The Hall–Kier alpha value is -1.59. The third kappa shape index (κ3) is 9.26. The first-order valence-electron chi connectivity index (χ1n) is 18.2. The molecule has 0 aromatic rings. The van der Waals surface area contributed by atoms with E-state index in [1.807, 2.05) is 0 Å². The van der Waals surface area contributed by atoms with E-state index in [0.717, 1.165) is 37.5 Å². The Morgan fingerprint density at radius 1 is 0.654 bits per heavy atom. The molecular formula is C34H58B2F6N2O8. The summed E-state index contributed by atoms with van der Waals surface area (Å²) < 4.78 is 88.5. The highest BCUT2D eigenvalue weighted by atomic mass is 19.4. The topological polar surface area (TPSA) is 164 Å². The third-order valence-corrected chi connectivity index (χ3v) is 12.6. The molecule has 0 spiro atoms. The lowest BCUT2D eigenvalue weighted by Crippen LogP contribution is -2.65. The smallest absolute Gasteiger partial charge is 0.475 e. The molecule has 0 aromatic heterocycles. The van der Waals surface area contributed by atoms with Crippen LogP contribution >= 0.6 is 0 Å². The van der Waals surface area contributed by atoms with E-state index in [2.05, 4.69) is 69.2 Å². The quantitative estimate of drug-likeness (QED) is 0.173. The number of halogens is 6. The minimum atomic E-state index is -5.08. The van der Waals surface area contributed by atoms with Gasteiger partial charge in [0.2, 0.25) is 0 Å². The molecule has 0 amide bonds. The molecule has 6 saturated carbocycles. The zero-order valence-corrected chi connectivity index (χ0v) is 31.9. The van der Waals surface area contributed by atoms with E-state index in [1.165, 1.54) is 12.8 Å². The van der Waals surface area contributed by atoms with Crippen LogP contribution < -0.4 is 11.5 Å². The second kappa shape index (κ2) is 15.5. The van der Waals surface area contributed by atoms with Crippen LogP contribution in [0.25, 0.3) is 0 Å². The molecule has 10 atom stereocenters. The highest BCUT2D eigenvalue weighted by Gasteiger charge is 2.69. The monoisotopic (exact) mass is 758 g/mol. The summed E-state index contributed by atoms with van der Waals surface area (Å²) in [5, 5.41) is 14.2. The first-order chi connectivity index (χ1) is 23.4. The van der Waals surface area contributed by atoms with E-state index in [1.54, 1.807) is 0 Å². The van der Waals surface area contributed by atoms with Crippen molar-refractivity contribution in [3.8, 4) is 0 Å². The van der Waals surface area contributed by atoms with E-state index >= 15 is 0 Å². The summed E-state index contributed by atoms with van der Waals surface area (Å²) in [4.78, 5) is 17.8. The van der Waals surface area contributed by atoms with Crippen LogP contribution in [0.3, 0.4) is 0 Å². The summed E-state index contributed by atoms with van der Waals surface area (Å²) in [5.74, 6) is -1.48. The Morgan fingerprint density at radius 3 is 1.13 bits per heavy atom. The number of aliphatic carboxylic acids is 2. The SMILES string of the molecule is CC(C)CC(N)B1O[C@@H]2C[C@@H]3C[C@@H](C3(C)C)[C@]2(C)O1.CC(C)C[C@H](N)B1O[C@@H]2C[C@@H]3C[C@@H](C3(C)C)[C@]2(C)O1.O=C(O)C(F)(F)F.O=C(O)C(F)(F)F. The van der Waals surface area contributed by atoms with Crippen LogP contribution in [0.15, 0.2) is 0 Å². The fourth-order valence-electron chi connectivity index (χ4n) is 9.48. The van der Waals surface area contributed by atoms with Gasteiger partial charge in [-0.25, -0.2) is 9.59 Å². The highest BCUT2D eigenvalue weighted by molar-refractivity contribution is 6.47. The summed E-state index contributed by atoms with van der Waals surface area (Å²) in [6.45, 7) is 22.8. The van der Waals surface area contributed by atoms with Gasteiger partial charge >= 0.3 is 38.5 Å². The van der Waals surface area contributed by atoms with Gasteiger partial charge < -0.3 is 40.3 Å². The minimum Gasteiger partial charge on any atom is -0.475 e. The van der Waals surface area contributed by atoms with Crippen molar-refractivity contribution in [1.29, 1.82) is 0 Å². The summed E-state index contributed by atoms with van der Waals surface area (Å²) in [7, 11) is -0.403. The summed E-state index contributed by atoms with van der Waals surface area (Å²) in [5.41, 5.74) is 13.1. The predicted molar refractivity (Wildman–Crippen MR) is 182 cm³/mol. The van der Waals surface area contributed by atoms with Crippen molar-refractivity contribution in [2.75, 3.05) is 0 Å². The second-order valence-corrected chi connectivity index (χ2v) is 17.9. The van der Waals surface area contributed by atoms with Gasteiger partial charge in [0.1, 0.15) is 0 Å². The molecule has 52 heavy (non-hydrogen) atoms. The molecule has 2 saturated heterocycles. The summed E-state index contributed by atoms with van der Waals surface area (Å²) in [6, 6.07) is 0. The van der Waals surface area contributed by atoms with E-state index in [-0.39, 0.29) is 49.5 Å². The van der Waals surface area contributed by atoms with Gasteiger partial charge in [-0.3, -0.25) is 0 Å². The van der Waals surface area contributed by atoms with Crippen LogP contribution in [0.1, 0.15) is 108 Å². The molecule has 6 aliphatic carbocycles. The normalized spacial score (nSPS) is 35.9. The molecule has 1 unspecified atom stereocenters. The lowest BCUT2D eigenvalue weighted by atomic mass is 9.43. The number of hydrogen-bond acceptors (Lipinski definition) is 8. The second-order valence-electron chi connectivity index (χ2n) is 17.9. The number of nitrogens with two attached hydrogens (primary N) is 2. The van der Waals surface area contributed by atoms with Gasteiger partial charge in [-0.1, -0.05) is 55.4 Å². The zero-order chi connectivity index (χ0) is 40.2. The largest absolute Gasteiger partial charge is 0.490 e. The molecule has 8 fully saturated rings. The van der Waals surface area contributed by atoms with Crippen molar-refractivity contribution >= 4 is 26.2 Å². The number of alkyl halides is 6. The molecule has 0 aromatic carbocycles. The molecule has 2 heterocycles. The first-order valence-corrected chi connectivity index (χ1v) is 18.2. The maximum absolute atomic E-state index is 10.6. The van der Waals surface area contributed by atoms with Gasteiger partial charge in [0.25, 0.3) is 0 Å². The maximum atomic E-state index is 10.6. The van der Waals surface area contributed by atoms with Crippen molar-refractivity contribution < 1.29 is 64.8 Å². The Morgan fingerprint density at radius 2 is 0.923 bits per heavy atom. The highest BCUT2D eigenvalue weighted by Crippen LogP contribution is 2.67. The van der Waals surface area contributed by atoms with Crippen LogP contribution in [-0.4, -0.2) is 84.0 Å². The number of rotatable bonds is 6. The average Bonchev–Trinajstić information content (AvgIpc) is 3.53. The lowest BCUT2D eigenvalue weighted by molar-refractivity contribution is -0.199. The van der Waals surface area contributed by atoms with Crippen LogP contribution in [0.5, 0.6) is 0 Å². The molecule has 10 nitrogen and oxygen atoms in total. The average molecular weight is 758 g/mol. The minimum absolute atomic E-state index is 0.00253. The van der Waals surface area contributed by atoms with E-state index in [0.29, 0.717) is 34.5 Å². The van der Waals surface area contributed by atoms with E-state index < -0.39 is 24.3 Å². The Labute approximate surface area is 304 Å². The molecule has 8 aliphatic rings.